The van der Waals surface area contributed by atoms with E-state index in [9.17, 15) is 4.79 Å². The molecule has 5 nitrogen and oxygen atoms in total. The lowest BCUT2D eigenvalue weighted by molar-refractivity contribution is 0.0946. The first kappa shape index (κ1) is 16.4. The summed E-state index contributed by atoms with van der Waals surface area (Å²) in [4.78, 5) is 16.8. The average Bonchev–Trinajstić information content (AvgIpc) is 3.19. The number of aryl methyl sites for hydroxylation is 2. The van der Waals surface area contributed by atoms with Gasteiger partial charge < -0.3 is 5.32 Å². The van der Waals surface area contributed by atoms with E-state index < -0.39 is 0 Å². The third-order valence-corrected chi connectivity index (χ3v) is 5.00. The van der Waals surface area contributed by atoms with Crippen molar-refractivity contribution in [2.24, 2.45) is 7.05 Å². The van der Waals surface area contributed by atoms with Gasteiger partial charge in [0.15, 0.2) is 5.69 Å². The van der Waals surface area contributed by atoms with Gasteiger partial charge in [-0.25, -0.2) is 4.98 Å². The summed E-state index contributed by atoms with van der Waals surface area (Å²) in [6.45, 7) is 4.58. The molecule has 1 N–H and O–H groups in total. The molecule has 24 heavy (non-hydrogen) atoms. The number of amides is 1. The molecule has 1 atom stereocenters. The molecule has 0 saturated heterocycles. The summed E-state index contributed by atoms with van der Waals surface area (Å²) in [5, 5.41) is 10.4. The Morgan fingerprint density at radius 1 is 1.33 bits per heavy atom. The summed E-state index contributed by atoms with van der Waals surface area (Å²) in [6.07, 6.45) is 0. The number of aromatic nitrogens is 3. The van der Waals surface area contributed by atoms with Crippen molar-refractivity contribution >= 4 is 17.2 Å². The number of rotatable bonds is 5. The third kappa shape index (κ3) is 3.54. The van der Waals surface area contributed by atoms with E-state index in [0.717, 1.165) is 22.0 Å². The summed E-state index contributed by atoms with van der Waals surface area (Å²) in [5.41, 5.74) is 3.41. The predicted octanol–water partition coefficient (Wildman–Crippen LogP) is 3.39. The van der Waals surface area contributed by atoms with E-state index in [1.165, 1.54) is 0 Å². The molecule has 0 fully saturated rings. The van der Waals surface area contributed by atoms with Gasteiger partial charge in [-0.05, 0) is 18.6 Å². The van der Waals surface area contributed by atoms with Gasteiger partial charge in [0.1, 0.15) is 0 Å². The molecule has 6 heteroatoms. The maximum atomic E-state index is 12.4. The van der Waals surface area contributed by atoms with Gasteiger partial charge in [0, 0.05) is 30.6 Å². The van der Waals surface area contributed by atoms with Crippen molar-refractivity contribution in [1.82, 2.24) is 20.1 Å². The minimum absolute atomic E-state index is 0.159. The zero-order valence-corrected chi connectivity index (χ0v) is 14.8. The Balaban J connectivity index is 1.67. The molecule has 0 radical (unpaired) electrons. The van der Waals surface area contributed by atoms with Crippen LogP contribution in [-0.2, 0) is 7.05 Å². The van der Waals surface area contributed by atoms with E-state index in [2.05, 4.69) is 22.3 Å². The van der Waals surface area contributed by atoms with Crippen LogP contribution in [0.25, 0.3) is 11.3 Å². The second-order valence-electron chi connectivity index (χ2n) is 5.84. The number of carbonyl (C=O) groups is 1. The molecule has 3 aromatic rings. The highest BCUT2D eigenvalue weighted by molar-refractivity contribution is 7.09. The van der Waals surface area contributed by atoms with Gasteiger partial charge in [-0.3, -0.25) is 9.48 Å². The topological polar surface area (TPSA) is 59.8 Å². The SMILES string of the molecule is Cc1csc(C(C)CNC(=O)c2cc(-c3ccccc3)n(C)n2)n1. The van der Waals surface area contributed by atoms with Crippen LogP contribution in [0, 0.1) is 6.92 Å². The van der Waals surface area contributed by atoms with Crippen molar-refractivity contribution < 1.29 is 4.79 Å². The van der Waals surface area contributed by atoms with Crippen molar-refractivity contribution in [3.63, 3.8) is 0 Å². The molecular formula is C18H20N4OS. The molecule has 124 valence electrons. The smallest absolute Gasteiger partial charge is 0.271 e. The zero-order chi connectivity index (χ0) is 17.1. The fourth-order valence-corrected chi connectivity index (χ4v) is 3.34. The van der Waals surface area contributed by atoms with E-state index in [4.69, 9.17) is 0 Å². The summed E-state index contributed by atoms with van der Waals surface area (Å²) in [7, 11) is 1.85. The Bertz CT molecular complexity index is 838. The molecule has 1 unspecified atom stereocenters. The molecule has 2 aromatic heterocycles. The number of nitrogens with one attached hydrogen (secondary N) is 1. The van der Waals surface area contributed by atoms with Crippen LogP contribution in [-0.4, -0.2) is 27.2 Å². The van der Waals surface area contributed by atoms with Crippen LogP contribution < -0.4 is 5.32 Å². The first-order valence-electron chi connectivity index (χ1n) is 7.84. The van der Waals surface area contributed by atoms with Crippen molar-refractivity contribution in [3.8, 4) is 11.3 Å². The van der Waals surface area contributed by atoms with Crippen LogP contribution in [0.4, 0.5) is 0 Å². The van der Waals surface area contributed by atoms with Gasteiger partial charge >= 0.3 is 0 Å². The van der Waals surface area contributed by atoms with Crippen LogP contribution >= 0.6 is 11.3 Å². The highest BCUT2D eigenvalue weighted by Crippen LogP contribution is 2.20. The Morgan fingerprint density at radius 3 is 2.75 bits per heavy atom. The van der Waals surface area contributed by atoms with Gasteiger partial charge in [0.2, 0.25) is 0 Å². The minimum atomic E-state index is -0.159. The molecule has 1 amide bonds. The second-order valence-corrected chi connectivity index (χ2v) is 6.73. The van der Waals surface area contributed by atoms with Crippen LogP contribution in [0.5, 0.6) is 0 Å². The quantitative estimate of drug-likeness (QED) is 0.774. The summed E-state index contributed by atoms with van der Waals surface area (Å²) in [6, 6.07) is 11.7. The lowest BCUT2D eigenvalue weighted by atomic mass is 10.1. The van der Waals surface area contributed by atoms with E-state index in [1.807, 2.05) is 55.7 Å². The highest BCUT2D eigenvalue weighted by atomic mass is 32.1. The Hall–Kier alpha value is -2.47. The number of hydrogen-bond donors (Lipinski definition) is 1. The standard InChI is InChI=1S/C18H20N4OS/c1-12(18-20-13(2)11-24-18)10-19-17(23)15-9-16(22(3)21-15)14-7-5-4-6-8-14/h4-9,11-12H,10H2,1-3H3,(H,19,23). The highest BCUT2D eigenvalue weighted by Gasteiger charge is 2.16. The minimum Gasteiger partial charge on any atom is -0.350 e. The average molecular weight is 340 g/mol. The van der Waals surface area contributed by atoms with Gasteiger partial charge in [-0.15, -0.1) is 11.3 Å². The molecule has 0 spiro atoms. The lowest BCUT2D eigenvalue weighted by Gasteiger charge is -2.08. The largest absolute Gasteiger partial charge is 0.350 e. The monoisotopic (exact) mass is 340 g/mol. The van der Waals surface area contributed by atoms with Crippen LogP contribution in [0.1, 0.15) is 34.0 Å². The zero-order valence-electron chi connectivity index (χ0n) is 14.0. The fourth-order valence-electron chi connectivity index (χ4n) is 2.48. The number of thiazole rings is 1. The maximum absolute atomic E-state index is 12.4. The first-order chi connectivity index (χ1) is 11.5. The third-order valence-electron chi connectivity index (χ3n) is 3.81. The van der Waals surface area contributed by atoms with Crippen molar-refractivity contribution in [2.75, 3.05) is 6.54 Å². The number of hydrogen-bond acceptors (Lipinski definition) is 4. The summed E-state index contributed by atoms with van der Waals surface area (Å²) < 4.78 is 1.73. The number of benzene rings is 1. The van der Waals surface area contributed by atoms with Crippen LogP contribution in [0.15, 0.2) is 41.8 Å². The van der Waals surface area contributed by atoms with Gasteiger partial charge in [-0.1, -0.05) is 37.3 Å². The Morgan fingerprint density at radius 2 is 2.08 bits per heavy atom. The summed E-state index contributed by atoms with van der Waals surface area (Å²) >= 11 is 1.63. The molecule has 0 bridgehead atoms. The maximum Gasteiger partial charge on any atom is 0.271 e. The van der Waals surface area contributed by atoms with E-state index in [0.29, 0.717) is 12.2 Å². The second kappa shape index (κ2) is 6.97. The van der Waals surface area contributed by atoms with E-state index >= 15 is 0 Å². The molecule has 3 rings (SSSR count). The fraction of sp³-hybridized carbons (Fsp3) is 0.278. The molecule has 2 heterocycles. The molecule has 1 aromatic carbocycles. The summed E-state index contributed by atoms with van der Waals surface area (Å²) in [5.74, 6) is 0.0258. The lowest BCUT2D eigenvalue weighted by Crippen LogP contribution is -2.28. The predicted molar refractivity (Wildman–Crippen MR) is 96.2 cm³/mol. The molecule has 0 aliphatic carbocycles. The van der Waals surface area contributed by atoms with Crippen molar-refractivity contribution in [3.05, 3.63) is 58.2 Å². The molecule has 0 aliphatic rings. The van der Waals surface area contributed by atoms with Crippen LogP contribution in [0.3, 0.4) is 0 Å². The molecule has 0 aliphatic heterocycles. The number of carbonyl (C=O) groups excluding carboxylic acids is 1. The van der Waals surface area contributed by atoms with Crippen molar-refractivity contribution in [1.29, 1.82) is 0 Å². The first-order valence-corrected chi connectivity index (χ1v) is 8.72. The van der Waals surface area contributed by atoms with Crippen LogP contribution in [0.2, 0.25) is 0 Å². The Kier molecular flexibility index (Phi) is 4.76. The van der Waals surface area contributed by atoms with Gasteiger partial charge in [-0.2, -0.15) is 5.10 Å². The Labute approximate surface area is 145 Å². The molecular weight excluding hydrogens is 320 g/mol. The number of nitrogens with zero attached hydrogens (tertiary/aromatic N) is 3. The van der Waals surface area contributed by atoms with Crippen molar-refractivity contribution in [2.45, 2.75) is 19.8 Å². The van der Waals surface area contributed by atoms with Gasteiger partial charge in [0.05, 0.1) is 10.7 Å². The van der Waals surface area contributed by atoms with E-state index in [1.54, 1.807) is 16.0 Å². The normalized spacial score (nSPS) is 12.1. The van der Waals surface area contributed by atoms with Gasteiger partial charge in [0.25, 0.3) is 5.91 Å². The van der Waals surface area contributed by atoms with E-state index in [-0.39, 0.29) is 11.8 Å². The molecule has 0 saturated carbocycles.